The van der Waals surface area contributed by atoms with Gasteiger partial charge in [-0.25, -0.2) is 0 Å². The largest absolute Gasteiger partial charge is 0.387 e. The van der Waals surface area contributed by atoms with Gasteiger partial charge >= 0.3 is 0 Å². The Labute approximate surface area is 67.0 Å². The Hall–Kier alpha value is -0.380. The quantitative estimate of drug-likeness (QED) is 0.414. The summed E-state index contributed by atoms with van der Waals surface area (Å²) in [5.41, 5.74) is 0.438. The molecule has 0 aliphatic heterocycles. The fourth-order valence-corrected chi connectivity index (χ4v) is 0.945. The van der Waals surface area contributed by atoms with Gasteiger partial charge in [-0.1, -0.05) is 13.0 Å². The topological polar surface area (TPSA) is 60.7 Å². The van der Waals surface area contributed by atoms with Gasteiger partial charge in [0.2, 0.25) is 5.79 Å². The van der Waals surface area contributed by atoms with Gasteiger partial charge in [-0.05, 0) is 25.8 Å². The van der Waals surface area contributed by atoms with Crippen molar-refractivity contribution in [3.63, 3.8) is 0 Å². The van der Waals surface area contributed by atoms with Crippen molar-refractivity contribution in [2.45, 2.75) is 39.1 Å². The van der Waals surface area contributed by atoms with E-state index in [4.69, 9.17) is 5.11 Å². The van der Waals surface area contributed by atoms with E-state index < -0.39 is 11.9 Å². The van der Waals surface area contributed by atoms with Crippen LogP contribution in [0.25, 0.3) is 0 Å². The predicted molar refractivity (Wildman–Crippen MR) is 42.9 cm³/mol. The molecule has 0 rings (SSSR count). The van der Waals surface area contributed by atoms with E-state index in [0.29, 0.717) is 12.0 Å². The third kappa shape index (κ3) is 2.29. The minimum atomic E-state index is -2.07. The van der Waals surface area contributed by atoms with Crippen molar-refractivity contribution in [3.05, 3.63) is 11.6 Å². The second kappa shape index (κ2) is 3.85. The van der Waals surface area contributed by atoms with Gasteiger partial charge in [0.1, 0.15) is 6.10 Å². The third-order valence-corrected chi connectivity index (χ3v) is 1.78. The standard InChI is InChI=1S/C8H16O3/c1-4-7(5-2)8(10,11)6(3)9/h4,6,9-11H,5H2,1-3H3. The average Bonchev–Trinajstić information content (AvgIpc) is 1.89. The molecule has 0 amide bonds. The summed E-state index contributed by atoms with van der Waals surface area (Å²) in [5, 5.41) is 27.5. The van der Waals surface area contributed by atoms with E-state index in [1.807, 2.05) is 0 Å². The molecule has 3 nitrogen and oxygen atoms in total. The summed E-state index contributed by atoms with van der Waals surface area (Å²) in [6.07, 6.45) is 0.967. The first-order chi connectivity index (χ1) is 4.96. The number of hydrogen-bond donors (Lipinski definition) is 3. The molecule has 11 heavy (non-hydrogen) atoms. The number of aliphatic hydroxyl groups excluding tert-OH is 1. The lowest BCUT2D eigenvalue weighted by Gasteiger charge is -2.27. The number of rotatable bonds is 3. The third-order valence-electron chi connectivity index (χ3n) is 1.78. The van der Waals surface area contributed by atoms with Gasteiger partial charge in [-0.2, -0.15) is 0 Å². The summed E-state index contributed by atoms with van der Waals surface area (Å²) in [7, 11) is 0. The van der Waals surface area contributed by atoms with E-state index in [1.54, 1.807) is 19.9 Å². The normalized spacial score (nSPS) is 16.7. The van der Waals surface area contributed by atoms with Gasteiger partial charge in [0.15, 0.2) is 0 Å². The van der Waals surface area contributed by atoms with Crippen LogP contribution in [0, 0.1) is 0 Å². The lowest BCUT2D eigenvalue weighted by Crippen LogP contribution is -2.42. The van der Waals surface area contributed by atoms with E-state index in [2.05, 4.69) is 0 Å². The van der Waals surface area contributed by atoms with Crippen LogP contribution in [-0.4, -0.2) is 27.2 Å². The molecular weight excluding hydrogens is 144 g/mol. The van der Waals surface area contributed by atoms with Crippen LogP contribution < -0.4 is 0 Å². The van der Waals surface area contributed by atoms with Gasteiger partial charge < -0.3 is 15.3 Å². The highest BCUT2D eigenvalue weighted by molar-refractivity contribution is 5.12. The first-order valence-corrected chi connectivity index (χ1v) is 3.75. The molecule has 0 aromatic carbocycles. The van der Waals surface area contributed by atoms with Crippen molar-refractivity contribution in [2.75, 3.05) is 0 Å². The van der Waals surface area contributed by atoms with Crippen molar-refractivity contribution in [1.82, 2.24) is 0 Å². The summed E-state index contributed by atoms with van der Waals surface area (Å²) < 4.78 is 0. The minimum Gasteiger partial charge on any atom is -0.387 e. The molecule has 1 atom stereocenters. The van der Waals surface area contributed by atoms with Gasteiger partial charge in [-0.3, -0.25) is 0 Å². The van der Waals surface area contributed by atoms with Gasteiger partial charge in [0, 0.05) is 0 Å². The fraction of sp³-hybridized carbons (Fsp3) is 0.750. The monoisotopic (exact) mass is 160 g/mol. The smallest absolute Gasteiger partial charge is 0.212 e. The maximum Gasteiger partial charge on any atom is 0.212 e. The van der Waals surface area contributed by atoms with Crippen LogP contribution >= 0.6 is 0 Å². The predicted octanol–water partition coefficient (Wildman–Crippen LogP) is 0.404. The number of allylic oxidation sites excluding steroid dienone is 1. The first-order valence-electron chi connectivity index (χ1n) is 3.75. The van der Waals surface area contributed by atoms with Crippen molar-refractivity contribution in [3.8, 4) is 0 Å². The highest BCUT2D eigenvalue weighted by atomic mass is 16.5. The molecule has 0 spiro atoms. The molecule has 3 N–H and O–H groups in total. The highest BCUT2D eigenvalue weighted by Crippen LogP contribution is 2.20. The molecule has 0 aliphatic carbocycles. The Morgan fingerprint density at radius 1 is 1.55 bits per heavy atom. The van der Waals surface area contributed by atoms with Crippen molar-refractivity contribution >= 4 is 0 Å². The molecule has 3 heteroatoms. The van der Waals surface area contributed by atoms with Crippen molar-refractivity contribution in [2.24, 2.45) is 0 Å². The van der Waals surface area contributed by atoms with Crippen LogP contribution in [0.3, 0.4) is 0 Å². The molecule has 1 unspecified atom stereocenters. The Balaban J connectivity index is 4.52. The van der Waals surface area contributed by atoms with Crippen LogP contribution in [0.5, 0.6) is 0 Å². The molecule has 0 saturated heterocycles. The molecule has 0 heterocycles. The molecule has 0 saturated carbocycles. The molecule has 0 aromatic rings. The van der Waals surface area contributed by atoms with Crippen LogP contribution in [0.1, 0.15) is 27.2 Å². The summed E-state index contributed by atoms with van der Waals surface area (Å²) in [4.78, 5) is 0. The molecular formula is C8H16O3. The molecule has 66 valence electrons. The maximum atomic E-state index is 9.29. The summed E-state index contributed by atoms with van der Waals surface area (Å²) in [6, 6.07) is 0. The van der Waals surface area contributed by atoms with E-state index in [1.165, 1.54) is 6.92 Å². The molecule has 0 bridgehead atoms. The molecule has 0 aliphatic rings. The average molecular weight is 160 g/mol. The van der Waals surface area contributed by atoms with Gasteiger partial charge in [0.05, 0.1) is 0 Å². The first kappa shape index (κ1) is 10.6. The van der Waals surface area contributed by atoms with E-state index >= 15 is 0 Å². The highest BCUT2D eigenvalue weighted by Gasteiger charge is 2.32. The zero-order valence-corrected chi connectivity index (χ0v) is 7.20. The SMILES string of the molecule is CC=C(CC)C(O)(O)C(C)O. The van der Waals surface area contributed by atoms with E-state index in [9.17, 15) is 10.2 Å². The summed E-state index contributed by atoms with van der Waals surface area (Å²) >= 11 is 0. The second-order valence-electron chi connectivity index (χ2n) is 2.57. The van der Waals surface area contributed by atoms with Crippen LogP contribution in [-0.2, 0) is 0 Å². The zero-order valence-electron chi connectivity index (χ0n) is 7.20. The Bertz CT molecular complexity index is 147. The van der Waals surface area contributed by atoms with Gasteiger partial charge in [-0.15, -0.1) is 0 Å². The molecule has 0 fully saturated rings. The number of aliphatic hydroxyl groups is 3. The van der Waals surface area contributed by atoms with Gasteiger partial charge in [0.25, 0.3) is 0 Å². The van der Waals surface area contributed by atoms with Crippen LogP contribution in [0.15, 0.2) is 11.6 Å². The Morgan fingerprint density at radius 2 is 2.00 bits per heavy atom. The lowest BCUT2D eigenvalue weighted by molar-refractivity contribution is -0.192. The van der Waals surface area contributed by atoms with E-state index in [-0.39, 0.29) is 0 Å². The minimum absolute atomic E-state index is 0.438. The second-order valence-corrected chi connectivity index (χ2v) is 2.57. The lowest BCUT2D eigenvalue weighted by atomic mass is 9.99. The summed E-state index contributed by atoms with van der Waals surface area (Å²) in [6.45, 7) is 4.86. The maximum absolute atomic E-state index is 9.29. The molecule has 0 radical (unpaired) electrons. The van der Waals surface area contributed by atoms with E-state index in [0.717, 1.165) is 0 Å². The number of hydrogen-bond acceptors (Lipinski definition) is 3. The van der Waals surface area contributed by atoms with Crippen LogP contribution in [0.4, 0.5) is 0 Å². The molecule has 0 aromatic heterocycles. The van der Waals surface area contributed by atoms with Crippen molar-refractivity contribution < 1.29 is 15.3 Å². The zero-order chi connectivity index (χ0) is 9.07. The van der Waals surface area contributed by atoms with Crippen LogP contribution in [0.2, 0.25) is 0 Å². The summed E-state index contributed by atoms with van der Waals surface area (Å²) in [5.74, 6) is -2.07. The Morgan fingerprint density at radius 3 is 2.09 bits per heavy atom. The Kier molecular flexibility index (Phi) is 3.72. The fourth-order valence-electron chi connectivity index (χ4n) is 0.945. The van der Waals surface area contributed by atoms with Crippen molar-refractivity contribution in [1.29, 1.82) is 0 Å².